The molecule has 0 fully saturated rings. The maximum Gasteiger partial charge on any atom is 0.262 e. The molecule has 0 saturated heterocycles. The first-order valence-electron chi connectivity index (χ1n) is 8.25. The van der Waals surface area contributed by atoms with Crippen LogP contribution in [0, 0.1) is 0 Å². The summed E-state index contributed by atoms with van der Waals surface area (Å²) in [5, 5.41) is 2.84. The van der Waals surface area contributed by atoms with Crippen LogP contribution in [0.1, 0.15) is 33.3 Å². The monoisotopic (exact) mass is 405 g/mol. The minimum absolute atomic E-state index is 0.0643. The van der Waals surface area contributed by atoms with Crippen LogP contribution in [0.5, 0.6) is 11.5 Å². The first-order chi connectivity index (χ1) is 11.8. The molecule has 1 N–H and O–H groups in total. The molecule has 0 spiro atoms. The van der Waals surface area contributed by atoms with E-state index >= 15 is 0 Å². The molecule has 0 aromatic heterocycles. The van der Waals surface area contributed by atoms with E-state index in [4.69, 9.17) is 9.47 Å². The van der Waals surface area contributed by atoms with Gasteiger partial charge in [-0.25, -0.2) is 0 Å². The van der Waals surface area contributed by atoms with Gasteiger partial charge in [0.15, 0.2) is 6.61 Å². The molecule has 0 aliphatic carbocycles. The molecule has 2 aromatic carbocycles. The van der Waals surface area contributed by atoms with Crippen molar-refractivity contribution in [3.63, 3.8) is 0 Å². The predicted molar refractivity (Wildman–Crippen MR) is 105 cm³/mol. The normalized spacial score (nSPS) is 11.1. The largest absolute Gasteiger partial charge is 0.492 e. The van der Waals surface area contributed by atoms with Crippen LogP contribution < -0.4 is 14.8 Å². The van der Waals surface area contributed by atoms with Crippen LogP contribution in [0.3, 0.4) is 0 Å². The fourth-order valence-electron chi connectivity index (χ4n) is 2.40. The van der Waals surface area contributed by atoms with E-state index in [0.29, 0.717) is 23.8 Å². The first-order valence-corrected chi connectivity index (χ1v) is 9.05. The van der Waals surface area contributed by atoms with E-state index in [1.54, 1.807) is 0 Å². The highest BCUT2D eigenvalue weighted by Gasteiger charge is 2.20. The average Bonchev–Trinajstić information content (AvgIpc) is 2.55. The molecule has 0 aliphatic rings. The van der Waals surface area contributed by atoms with Crippen LogP contribution in [-0.2, 0) is 10.2 Å². The van der Waals surface area contributed by atoms with Gasteiger partial charge in [0.1, 0.15) is 11.5 Å². The van der Waals surface area contributed by atoms with E-state index in [-0.39, 0.29) is 17.9 Å². The lowest BCUT2D eigenvalue weighted by molar-refractivity contribution is -0.118. The minimum Gasteiger partial charge on any atom is -0.492 e. The second-order valence-electron chi connectivity index (χ2n) is 6.66. The number of rotatable bonds is 6. The number of ether oxygens (including phenoxy) is 2. The van der Waals surface area contributed by atoms with Gasteiger partial charge < -0.3 is 14.8 Å². The van der Waals surface area contributed by atoms with Gasteiger partial charge in [0, 0.05) is 10.0 Å². The molecule has 134 valence electrons. The van der Waals surface area contributed by atoms with E-state index in [2.05, 4.69) is 42.0 Å². The Hall–Kier alpha value is -2.01. The molecular weight excluding hydrogens is 382 g/mol. The van der Waals surface area contributed by atoms with Crippen molar-refractivity contribution >= 4 is 27.5 Å². The topological polar surface area (TPSA) is 47.6 Å². The zero-order chi connectivity index (χ0) is 18.4. The molecular formula is C20H24BrNO3. The lowest BCUT2D eigenvalue weighted by Crippen LogP contribution is -2.22. The number of hydrogen-bond acceptors (Lipinski definition) is 3. The molecule has 5 heteroatoms. The van der Waals surface area contributed by atoms with Crippen LogP contribution in [0.2, 0.25) is 0 Å². The van der Waals surface area contributed by atoms with Crippen molar-refractivity contribution < 1.29 is 14.3 Å². The lowest BCUT2D eigenvalue weighted by Gasteiger charge is -2.23. The van der Waals surface area contributed by atoms with Crippen molar-refractivity contribution in [2.45, 2.75) is 33.1 Å². The molecule has 0 saturated carbocycles. The maximum atomic E-state index is 12.3. The van der Waals surface area contributed by atoms with Gasteiger partial charge >= 0.3 is 0 Å². The summed E-state index contributed by atoms with van der Waals surface area (Å²) in [7, 11) is 0. The number of para-hydroxylation sites is 2. The summed E-state index contributed by atoms with van der Waals surface area (Å²) in [5.41, 5.74) is 1.60. The van der Waals surface area contributed by atoms with Crippen LogP contribution in [0.15, 0.2) is 46.9 Å². The SMILES string of the molecule is CCOc1ccccc1NC(=O)COc1ccc(Br)cc1C(C)(C)C. The van der Waals surface area contributed by atoms with Gasteiger partial charge in [-0.3, -0.25) is 4.79 Å². The number of halogens is 1. The van der Waals surface area contributed by atoms with E-state index in [9.17, 15) is 4.79 Å². The molecule has 0 bridgehead atoms. The van der Waals surface area contributed by atoms with Crippen LogP contribution >= 0.6 is 15.9 Å². The lowest BCUT2D eigenvalue weighted by atomic mass is 9.86. The molecule has 0 unspecified atom stereocenters. The summed E-state index contributed by atoms with van der Waals surface area (Å²) in [6, 6.07) is 13.2. The van der Waals surface area contributed by atoms with Crippen molar-refractivity contribution in [1.29, 1.82) is 0 Å². The summed E-state index contributed by atoms with van der Waals surface area (Å²) >= 11 is 3.49. The Morgan fingerprint density at radius 1 is 1.08 bits per heavy atom. The maximum absolute atomic E-state index is 12.3. The highest BCUT2D eigenvalue weighted by Crippen LogP contribution is 2.33. The zero-order valence-corrected chi connectivity index (χ0v) is 16.6. The zero-order valence-electron chi connectivity index (χ0n) is 15.1. The molecule has 4 nitrogen and oxygen atoms in total. The Kier molecular flexibility index (Phi) is 6.48. The predicted octanol–water partition coefficient (Wildman–Crippen LogP) is 5.16. The average molecular weight is 406 g/mol. The summed E-state index contributed by atoms with van der Waals surface area (Å²) in [5.74, 6) is 1.14. The van der Waals surface area contributed by atoms with Gasteiger partial charge in [0.2, 0.25) is 0 Å². The minimum atomic E-state index is -0.227. The number of carbonyl (C=O) groups is 1. The molecule has 0 heterocycles. The number of hydrogen-bond donors (Lipinski definition) is 1. The van der Waals surface area contributed by atoms with Gasteiger partial charge in [-0.15, -0.1) is 0 Å². The Labute approximate surface area is 157 Å². The standard InChI is InChI=1S/C20H24BrNO3/c1-5-24-18-9-7-6-8-16(18)22-19(23)13-25-17-11-10-14(21)12-15(17)20(2,3)4/h6-12H,5,13H2,1-4H3,(H,22,23). The second-order valence-corrected chi connectivity index (χ2v) is 7.57. The molecule has 0 aliphatic heterocycles. The molecule has 2 rings (SSSR count). The molecule has 25 heavy (non-hydrogen) atoms. The van der Waals surface area contributed by atoms with Gasteiger partial charge in [-0.2, -0.15) is 0 Å². The third-order valence-corrected chi connectivity index (χ3v) is 4.06. The number of amides is 1. The van der Waals surface area contributed by atoms with Crippen molar-refractivity contribution in [2.24, 2.45) is 0 Å². The number of benzene rings is 2. The molecule has 0 radical (unpaired) electrons. The van der Waals surface area contributed by atoms with E-state index in [1.807, 2.05) is 49.4 Å². The van der Waals surface area contributed by atoms with E-state index < -0.39 is 0 Å². The van der Waals surface area contributed by atoms with Crippen LogP contribution in [-0.4, -0.2) is 19.1 Å². The van der Waals surface area contributed by atoms with Crippen molar-refractivity contribution in [3.8, 4) is 11.5 Å². The van der Waals surface area contributed by atoms with Crippen molar-refractivity contribution in [3.05, 3.63) is 52.5 Å². The van der Waals surface area contributed by atoms with Gasteiger partial charge in [-0.1, -0.05) is 48.8 Å². The summed E-state index contributed by atoms with van der Waals surface area (Å²) in [6.07, 6.45) is 0. The number of carbonyl (C=O) groups excluding carboxylic acids is 1. The fraction of sp³-hybridized carbons (Fsp3) is 0.350. The molecule has 0 atom stereocenters. The van der Waals surface area contributed by atoms with Crippen LogP contribution in [0.25, 0.3) is 0 Å². The second kappa shape index (κ2) is 8.39. The third-order valence-electron chi connectivity index (χ3n) is 3.57. The first kappa shape index (κ1) is 19.3. The summed E-state index contributed by atoms with van der Waals surface area (Å²) < 4.78 is 12.3. The van der Waals surface area contributed by atoms with E-state index in [0.717, 1.165) is 10.0 Å². The highest BCUT2D eigenvalue weighted by molar-refractivity contribution is 9.10. The molecule has 2 aromatic rings. The third kappa shape index (κ3) is 5.49. The Bertz CT molecular complexity index is 738. The Morgan fingerprint density at radius 3 is 2.48 bits per heavy atom. The van der Waals surface area contributed by atoms with E-state index in [1.165, 1.54) is 0 Å². The summed E-state index contributed by atoms with van der Waals surface area (Å²) in [6.45, 7) is 8.71. The van der Waals surface area contributed by atoms with Crippen LogP contribution in [0.4, 0.5) is 5.69 Å². The number of anilines is 1. The number of nitrogens with one attached hydrogen (secondary N) is 1. The van der Waals surface area contributed by atoms with Gasteiger partial charge in [0.05, 0.1) is 12.3 Å². The van der Waals surface area contributed by atoms with Gasteiger partial charge in [0.25, 0.3) is 5.91 Å². The summed E-state index contributed by atoms with van der Waals surface area (Å²) in [4.78, 5) is 12.3. The highest BCUT2D eigenvalue weighted by atomic mass is 79.9. The smallest absolute Gasteiger partial charge is 0.262 e. The quantitative estimate of drug-likeness (QED) is 0.721. The Balaban J connectivity index is 2.06. The van der Waals surface area contributed by atoms with Gasteiger partial charge in [-0.05, 0) is 42.7 Å². The van der Waals surface area contributed by atoms with Crippen molar-refractivity contribution in [1.82, 2.24) is 0 Å². The fourth-order valence-corrected chi connectivity index (χ4v) is 2.76. The van der Waals surface area contributed by atoms with Crippen molar-refractivity contribution in [2.75, 3.05) is 18.5 Å². The molecule has 1 amide bonds. The Morgan fingerprint density at radius 2 is 1.80 bits per heavy atom.